The summed E-state index contributed by atoms with van der Waals surface area (Å²) in [6.07, 6.45) is 5.32. The fourth-order valence-electron chi connectivity index (χ4n) is 4.87. The fraction of sp³-hybridized carbons (Fsp3) is 0.321. The van der Waals surface area contributed by atoms with Gasteiger partial charge in [0.2, 0.25) is 5.71 Å². The third-order valence-corrected chi connectivity index (χ3v) is 7.01. The molecule has 5 rings (SSSR count). The van der Waals surface area contributed by atoms with Crippen LogP contribution in [0.2, 0.25) is 0 Å². The van der Waals surface area contributed by atoms with E-state index in [1.807, 2.05) is 63.4 Å². The Bertz CT molecular complexity index is 1430. The predicted molar refractivity (Wildman–Crippen MR) is 130 cm³/mol. The number of pyridine rings is 1. The predicted octanol–water partition coefficient (Wildman–Crippen LogP) is 7.65. The Hall–Kier alpha value is -3.28. The molecule has 0 radical (unpaired) electrons. The molecule has 0 spiro atoms. The minimum atomic E-state index is -4.27. The number of allylic oxidation sites excluding steroid dienone is 4. The molecule has 6 heteroatoms. The van der Waals surface area contributed by atoms with Crippen LogP contribution in [0.5, 0.6) is 0 Å². The van der Waals surface area contributed by atoms with Gasteiger partial charge in [0.05, 0.1) is 11.5 Å². The maximum absolute atomic E-state index is 13.6. The highest BCUT2D eigenvalue weighted by molar-refractivity contribution is 6.07. The van der Waals surface area contributed by atoms with E-state index in [9.17, 15) is 13.2 Å². The molecule has 0 N–H and O–H groups in total. The molecule has 0 amide bonds. The van der Waals surface area contributed by atoms with Crippen LogP contribution in [0.15, 0.2) is 70.2 Å². The van der Waals surface area contributed by atoms with E-state index in [1.165, 1.54) is 13.8 Å². The van der Waals surface area contributed by atoms with Gasteiger partial charge in [-0.1, -0.05) is 50.3 Å². The highest BCUT2D eigenvalue weighted by atomic mass is 19.4. The summed E-state index contributed by atoms with van der Waals surface area (Å²) in [7, 11) is 1.98. The maximum Gasteiger partial charge on any atom is 0.394 e. The monoisotopic (exact) mass is 464 g/mol. The van der Waals surface area contributed by atoms with Crippen LogP contribution in [0, 0.1) is 19.3 Å². The molecule has 3 heterocycles. The summed E-state index contributed by atoms with van der Waals surface area (Å²) in [6, 6.07) is 7.99. The number of hydrogen-bond acceptors (Lipinski definition) is 3. The number of alkyl halides is 3. The largest absolute Gasteiger partial charge is 0.437 e. The van der Waals surface area contributed by atoms with E-state index in [-0.39, 0.29) is 12.5 Å². The first kappa shape index (κ1) is 22.5. The zero-order chi connectivity index (χ0) is 24.4. The molecule has 1 aromatic carbocycles. The van der Waals surface area contributed by atoms with Crippen LogP contribution in [-0.2, 0) is 0 Å². The molecular formula is C28H27F3N2O. The van der Waals surface area contributed by atoms with Crippen LogP contribution >= 0.6 is 0 Å². The lowest BCUT2D eigenvalue weighted by atomic mass is 9.78. The van der Waals surface area contributed by atoms with Crippen LogP contribution in [-0.4, -0.2) is 29.1 Å². The van der Waals surface area contributed by atoms with Crippen molar-refractivity contribution < 1.29 is 17.6 Å². The summed E-state index contributed by atoms with van der Waals surface area (Å²) in [6.45, 7) is 6.50. The molecule has 1 aliphatic carbocycles. The number of fused-ring (bicyclic) bond motifs is 4. The smallest absolute Gasteiger partial charge is 0.394 e. The van der Waals surface area contributed by atoms with E-state index >= 15 is 0 Å². The highest BCUT2D eigenvalue weighted by Crippen LogP contribution is 2.46. The summed E-state index contributed by atoms with van der Waals surface area (Å²) in [5.41, 5.74) is 5.09. The van der Waals surface area contributed by atoms with Gasteiger partial charge in [-0.3, -0.25) is 0 Å². The average Bonchev–Trinajstić information content (AvgIpc) is 3.11. The second-order valence-electron chi connectivity index (χ2n) is 9.91. The van der Waals surface area contributed by atoms with E-state index < -0.39 is 11.6 Å². The van der Waals surface area contributed by atoms with Crippen molar-refractivity contribution in [2.45, 2.75) is 46.3 Å². The minimum absolute atomic E-state index is 0.0661. The van der Waals surface area contributed by atoms with E-state index in [4.69, 9.17) is 4.42 Å². The summed E-state index contributed by atoms with van der Waals surface area (Å²) in [5, 5.41) is 1.97. The fourth-order valence-corrected chi connectivity index (χ4v) is 4.87. The van der Waals surface area contributed by atoms with Gasteiger partial charge in [0.15, 0.2) is 0 Å². The molecule has 0 bridgehead atoms. The van der Waals surface area contributed by atoms with Crippen molar-refractivity contribution in [3.05, 3.63) is 82.6 Å². The van der Waals surface area contributed by atoms with Crippen LogP contribution in [0.3, 0.4) is 0 Å². The molecule has 0 fully saturated rings. The Kier molecular flexibility index (Phi) is 5.04. The number of furan rings is 1. The normalized spacial score (nSPS) is 18.8. The number of benzene rings is 1. The van der Waals surface area contributed by atoms with Gasteiger partial charge in [-0.15, -0.1) is 0 Å². The molecule has 3 aromatic rings. The molecule has 34 heavy (non-hydrogen) atoms. The highest BCUT2D eigenvalue weighted by Gasteiger charge is 2.48. The third kappa shape index (κ3) is 3.47. The zero-order valence-electron chi connectivity index (χ0n) is 19.9. The quantitative estimate of drug-likeness (QED) is 0.399. The number of nitrogens with zero attached hydrogens (tertiary/aromatic N) is 2. The molecular weight excluding hydrogens is 437 g/mol. The second kappa shape index (κ2) is 7.62. The van der Waals surface area contributed by atoms with Crippen molar-refractivity contribution in [1.82, 2.24) is 9.88 Å². The number of hydrogen-bond donors (Lipinski definition) is 0. The first-order valence-electron chi connectivity index (χ1n) is 11.4. The SMILES string of the molecule is Cc1ccc2c(n1)oc1c(C3=CC=C4C(CC(C)(C)C(F)(F)F)=CC=CC4N3C)c(C)ccc12. The van der Waals surface area contributed by atoms with Gasteiger partial charge in [-0.25, -0.2) is 4.98 Å². The topological polar surface area (TPSA) is 29.3 Å². The minimum Gasteiger partial charge on any atom is -0.437 e. The number of halogens is 3. The van der Waals surface area contributed by atoms with Gasteiger partial charge in [-0.2, -0.15) is 13.2 Å². The van der Waals surface area contributed by atoms with E-state index in [0.717, 1.165) is 50.0 Å². The lowest BCUT2D eigenvalue weighted by Crippen LogP contribution is -2.37. The first-order valence-corrected chi connectivity index (χ1v) is 11.4. The van der Waals surface area contributed by atoms with Gasteiger partial charge >= 0.3 is 6.18 Å². The lowest BCUT2D eigenvalue weighted by Gasteiger charge is -2.39. The Morgan fingerprint density at radius 3 is 2.47 bits per heavy atom. The van der Waals surface area contributed by atoms with Gasteiger partial charge in [0, 0.05) is 34.8 Å². The second-order valence-corrected chi connectivity index (χ2v) is 9.91. The Morgan fingerprint density at radius 1 is 1.00 bits per heavy atom. The Morgan fingerprint density at radius 2 is 1.74 bits per heavy atom. The molecule has 2 aromatic heterocycles. The number of rotatable bonds is 3. The van der Waals surface area contributed by atoms with Crippen molar-refractivity contribution in [1.29, 1.82) is 0 Å². The Labute approximate surface area is 196 Å². The summed E-state index contributed by atoms with van der Waals surface area (Å²) in [4.78, 5) is 6.67. The van der Waals surface area contributed by atoms with Gasteiger partial charge in [-0.05, 0) is 55.2 Å². The number of likely N-dealkylation sites (N-methyl/N-ethyl adjacent to an activating group) is 1. The van der Waals surface area contributed by atoms with E-state index in [1.54, 1.807) is 0 Å². The molecule has 1 atom stereocenters. The van der Waals surface area contributed by atoms with Crippen LogP contribution in [0.1, 0.15) is 37.1 Å². The van der Waals surface area contributed by atoms with Crippen molar-refractivity contribution in [3.8, 4) is 0 Å². The van der Waals surface area contributed by atoms with Crippen LogP contribution in [0.4, 0.5) is 13.2 Å². The van der Waals surface area contributed by atoms with E-state index in [2.05, 4.69) is 22.0 Å². The summed E-state index contributed by atoms with van der Waals surface area (Å²) >= 11 is 0. The van der Waals surface area contributed by atoms with Crippen LogP contribution in [0.25, 0.3) is 27.8 Å². The van der Waals surface area contributed by atoms with Crippen molar-refractivity contribution in [2.75, 3.05) is 7.05 Å². The van der Waals surface area contributed by atoms with Crippen molar-refractivity contribution >= 4 is 27.8 Å². The lowest BCUT2D eigenvalue weighted by molar-refractivity contribution is -0.210. The molecule has 0 saturated carbocycles. The van der Waals surface area contributed by atoms with Crippen molar-refractivity contribution in [3.63, 3.8) is 0 Å². The van der Waals surface area contributed by atoms with Gasteiger partial charge in [0.1, 0.15) is 5.58 Å². The molecule has 1 unspecified atom stereocenters. The zero-order valence-corrected chi connectivity index (χ0v) is 19.9. The molecule has 0 saturated heterocycles. The molecule has 2 aliphatic rings. The van der Waals surface area contributed by atoms with E-state index in [0.29, 0.717) is 5.71 Å². The maximum atomic E-state index is 13.6. The van der Waals surface area contributed by atoms with Crippen molar-refractivity contribution in [2.24, 2.45) is 5.41 Å². The molecule has 3 nitrogen and oxygen atoms in total. The summed E-state index contributed by atoms with van der Waals surface area (Å²) in [5.74, 6) is 0. The average molecular weight is 465 g/mol. The third-order valence-electron chi connectivity index (χ3n) is 7.01. The van der Waals surface area contributed by atoms with Gasteiger partial charge in [0.25, 0.3) is 0 Å². The molecule has 176 valence electrons. The standard InChI is InChI=1S/C28H27F3N2O/c1-16-9-11-20-21-12-10-17(2)32-26(21)34-25(20)24(16)23-14-13-19-18(7-6-8-22(19)33(23)5)15-27(3,4)28(29,30)31/h6-14,22H,15H2,1-5H3. The number of aryl methyl sites for hydroxylation is 2. The number of aromatic nitrogens is 1. The summed E-state index contributed by atoms with van der Waals surface area (Å²) < 4.78 is 47.0. The van der Waals surface area contributed by atoms with Crippen LogP contribution < -0.4 is 0 Å². The van der Waals surface area contributed by atoms with Gasteiger partial charge < -0.3 is 9.32 Å². The Balaban J connectivity index is 1.62. The first-order chi connectivity index (χ1) is 16.0. The molecule has 1 aliphatic heterocycles.